The first-order valence-corrected chi connectivity index (χ1v) is 10.6. The molecule has 148 valence electrons. The van der Waals surface area contributed by atoms with Crippen LogP contribution in [0.25, 0.3) is 11.5 Å². The smallest absolute Gasteiger partial charge is 0.330 e. The molecule has 0 aliphatic heterocycles. The average molecular weight is 422 g/mol. The van der Waals surface area contributed by atoms with Gasteiger partial charge in [-0.05, 0) is 30.4 Å². The first-order chi connectivity index (χ1) is 12.5. The van der Waals surface area contributed by atoms with Gasteiger partial charge >= 0.3 is 6.18 Å². The van der Waals surface area contributed by atoms with Crippen molar-refractivity contribution < 1.29 is 21.6 Å². The Bertz CT molecular complexity index is 953. The summed E-state index contributed by atoms with van der Waals surface area (Å²) >= 11 is 5.43. The third kappa shape index (κ3) is 4.13. The lowest BCUT2D eigenvalue weighted by atomic mass is 10.2. The SMILES string of the molecule is CCS(=O)(=O)c1cc(C2CC2)cnc1-c1ncc(CC(Cl)C(F)(F)F)n1C. The predicted molar refractivity (Wildman–Crippen MR) is 95.5 cm³/mol. The van der Waals surface area contributed by atoms with E-state index in [1.54, 1.807) is 12.3 Å². The molecule has 5 nitrogen and oxygen atoms in total. The lowest BCUT2D eigenvalue weighted by Gasteiger charge is -2.14. The molecule has 0 aromatic carbocycles. The van der Waals surface area contributed by atoms with E-state index in [1.165, 1.54) is 24.7 Å². The largest absolute Gasteiger partial charge is 0.405 e. The summed E-state index contributed by atoms with van der Waals surface area (Å²) in [5.74, 6) is 0.411. The van der Waals surface area contributed by atoms with Crippen LogP contribution >= 0.6 is 11.6 Å². The van der Waals surface area contributed by atoms with E-state index in [0.29, 0.717) is 5.92 Å². The number of hydrogen-bond acceptors (Lipinski definition) is 4. The molecule has 1 fully saturated rings. The molecule has 1 saturated carbocycles. The highest BCUT2D eigenvalue weighted by Crippen LogP contribution is 2.41. The van der Waals surface area contributed by atoms with Crippen molar-refractivity contribution in [2.24, 2.45) is 7.05 Å². The third-order valence-corrected chi connectivity index (χ3v) is 6.82. The van der Waals surface area contributed by atoms with E-state index in [0.717, 1.165) is 18.4 Å². The lowest BCUT2D eigenvalue weighted by Crippen LogP contribution is -2.26. The quantitative estimate of drug-likeness (QED) is 0.664. The molecule has 0 saturated heterocycles. The van der Waals surface area contributed by atoms with Gasteiger partial charge < -0.3 is 4.57 Å². The maximum Gasteiger partial charge on any atom is 0.405 e. The van der Waals surface area contributed by atoms with Crippen LogP contribution in [0.1, 0.15) is 36.9 Å². The van der Waals surface area contributed by atoms with Gasteiger partial charge in [-0.25, -0.2) is 13.4 Å². The van der Waals surface area contributed by atoms with Gasteiger partial charge in [-0.3, -0.25) is 4.98 Å². The Morgan fingerprint density at radius 1 is 1.30 bits per heavy atom. The van der Waals surface area contributed by atoms with Crippen molar-refractivity contribution in [2.45, 2.75) is 48.6 Å². The van der Waals surface area contributed by atoms with Gasteiger partial charge in [0.25, 0.3) is 0 Å². The average Bonchev–Trinajstić information content (AvgIpc) is 3.39. The van der Waals surface area contributed by atoms with Crippen LogP contribution < -0.4 is 0 Å². The van der Waals surface area contributed by atoms with E-state index in [-0.39, 0.29) is 27.9 Å². The van der Waals surface area contributed by atoms with Crippen molar-refractivity contribution in [3.8, 4) is 11.5 Å². The summed E-state index contributed by atoms with van der Waals surface area (Å²) < 4.78 is 64.8. The zero-order valence-corrected chi connectivity index (χ0v) is 16.4. The van der Waals surface area contributed by atoms with Crippen molar-refractivity contribution in [2.75, 3.05) is 5.75 Å². The van der Waals surface area contributed by atoms with E-state index in [1.807, 2.05) is 0 Å². The number of alkyl halides is 4. The molecular weight excluding hydrogens is 403 g/mol. The van der Waals surface area contributed by atoms with Crippen molar-refractivity contribution in [3.05, 3.63) is 29.7 Å². The standard InChI is InChI=1S/C17H19ClF3N3O2S/c1-3-27(25,26)13-6-11(10-4-5-10)8-22-15(13)16-23-9-12(24(16)2)7-14(18)17(19,20)21/h6,8-10,14H,3-5,7H2,1-2H3. The third-order valence-electron chi connectivity index (χ3n) is 4.68. The molecule has 1 atom stereocenters. The van der Waals surface area contributed by atoms with Crippen LogP contribution in [0.3, 0.4) is 0 Å². The van der Waals surface area contributed by atoms with Crippen LogP contribution in [-0.2, 0) is 23.3 Å². The number of pyridine rings is 1. The molecule has 0 radical (unpaired) electrons. The molecule has 2 heterocycles. The first kappa shape index (κ1) is 20.1. The van der Waals surface area contributed by atoms with E-state index in [9.17, 15) is 21.6 Å². The summed E-state index contributed by atoms with van der Waals surface area (Å²) in [6, 6.07) is 1.62. The van der Waals surface area contributed by atoms with Crippen molar-refractivity contribution in [1.82, 2.24) is 14.5 Å². The van der Waals surface area contributed by atoms with Crippen LogP contribution in [0.5, 0.6) is 0 Å². The second-order valence-corrected chi connectivity index (χ2v) is 9.41. The highest BCUT2D eigenvalue weighted by atomic mass is 35.5. The molecule has 1 aliphatic carbocycles. The number of halogens is 4. The van der Waals surface area contributed by atoms with Crippen LogP contribution in [0.2, 0.25) is 0 Å². The molecule has 0 bridgehead atoms. The minimum Gasteiger partial charge on any atom is -0.330 e. The molecule has 27 heavy (non-hydrogen) atoms. The van der Waals surface area contributed by atoms with Gasteiger partial charge in [-0.15, -0.1) is 11.6 Å². The molecule has 2 aromatic rings. The molecular formula is C17H19ClF3N3O2S. The Balaban J connectivity index is 2.04. The van der Waals surface area contributed by atoms with Crippen LogP contribution in [0.15, 0.2) is 23.4 Å². The van der Waals surface area contributed by atoms with Gasteiger partial charge in [0.1, 0.15) is 11.1 Å². The number of hydrogen-bond donors (Lipinski definition) is 0. The Morgan fingerprint density at radius 3 is 2.52 bits per heavy atom. The van der Waals surface area contributed by atoms with E-state index < -0.39 is 27.8 Å². The van der Waals surface area contributed by atoms with Crippen LogP contribution in [0, 0.1) is 0 Å². The minimum atomic E-state index is -4.53. The molecule has 2 aromatic heterocycles. The molecule has 3 rings (SSSR count). The second kappa shape index (κ2) is 7.09. The second-order valence-electron chi connectivity index (χ2n) is 6.64. The van der Waals surface area contributed by atoms with Crippen LogP contribution in [0.4, 0.5) is 13.2 Å². The summed E-state index contributed by atoms with van der Waals surface area (Å²) in [7, 11) is -2.06. The monoisotopic (exact) mass is 421 g/mol. The van der Waals surface area contributed by atoms with Gasteiger partial charge in [0.15, 0.2) is 15.7 Å². The highest BCUT2D eigenvalue weighted by molar-refractivity contribution is 7.91. The number of sulfone groups is 1. The summed E-state index contributed by atoms with van der Waals surface area (Å²) in [6.45, 7) is 1.54. The topological polar surface area (TPSA) is 64.8 Å². The Morgan fingerprint density at radius 2 is 1.96 bits per heavy atom. The molecule has 0 N–H and O–H groups in total. The molecule has 0 spiro atoms. The van der Waals surface area contributed by atoms with Crippen LogP contribution in [-0.4, -0.2) is 40.3 Å². The van der Waals surface area contributed by atoms with Gasteiger partial charge in [-0.1, -0.05) is 6.92 Å². The van der Waals surface area contributed by atoms with Gasteiger partial charge in [-0.2, -0.15) is 13.2 Å². The summed E-state index contributed by atoms with van der Waals surface area (Å²) in [4.78, 5) is 8.50. The maximum absolute atomic E-state index is 12.7. The number of imidazole rings is 1. The fourth-order valence-electron chi connectivity index (χ4n) is 2.81. The van der Waals surface area contributed by atoms with E-state index in [2.05, 4.69) is 9.97 Å². The van der Waals surface area contributed by atoms with E-state index >= 15 is 0 Å². The molecule has 10 heteroatoms. The summed E-state index contributed by atoms with van der Waals surface area (Å²) in [5, 5.41) is -2.05. The first-order valence-electron chi connectivity index (χ1n) is 8.49. The highest BCUT2D eigenvalue weighted by Gasteiger charge is 2.39. The van der Waals surface area contributed by atoms with Crippen molar-refractivity contribution >= 4 is 21.4 Å². The maximum atomic E-state index is 12.7. The normalized spacial score (nSPS) is 16.5. The lowest BCUT2D eigenvalue weighted by molar-refractivity contribution is -0.130. The number of rotatable bonds is 6. The Kier molecular flexibility index (Phi) is 5.28. The van der Waals surface area contributed by atoms with Gasteiger partial charge in [0, 0.05) is 31.6 Å². The Labute approximate surface area is 160 Å². The minimum absolute atomic E-state index is 0.0629. The summed E-state index contributed by atoms with van der Waals surface area (Å²) in [6.07, 6.45) is -0.121. The predicted octanol–water partition coefficient (Wildman–Crippen LogP) is 3.87. The van der Waals surface area contributed by atoms with Crippen molar-refractivity contribution in [3.63, 3.8) is 0 Å². The Hall–Kier alpha value is -1.61. The van der Waals surface area contributed by atoms with E-state index in [4.69, 9.17) is 11.6 Å². The zero-order valence-electron chi connectivity index (χ0n) is 14.8. The van der Waals surface area contributed by atoms with Crippen molar-refractivity contribution in [1.29, 1.82) is 0 Å². The zero-order chi connectivity index (χ0) is 20.0. The number of aromatic nitrogens is 3. The van der Waals surface area contributed by atoms with Gasteiger partial charge in [0.05, 0.1) is 10.6 Å². The fourth-order valence-corrected chi connectivity index (χ4v) is 4.04. The molecule has 0 amide bonds. The summed E-state index contributed by atoms with van der Waals surface area (Å²) in [5.41, 5.74) is 1.25. The fraction of sp³-hybridized carbons (Fsp3) is 0.529. The van der Waals surface area contributed by atoms with Gasteiger partial charge in [0.2, 0.25) is 0 Å². The molecule has 1 aliphatic rings. The molecule has 1 unspecified atom stereocenters. The number of nitrogens with zero attached hydrogens (tertiary/aromatic N) is 3.